The Labute approximate surface area is 98.3 Å². The van der Waals surface area contributed by atoms with Crippen LogP contribution in [-0.2, 0) is 0 Å². The zero-order valence-corrected chi connectivity index (χ0v) is 9.21. The summed E-state index contributed by atoms with van der Waals surface area (Å²) >= 11 is 0. The highest BCUT2D eigenvalue weighted by molar-refractivity contribution is 5.65. The van der Waals surface area contributed by atoms with Crippen molar-refractivity contribution in [3.8, 4) is 0 Å². The molecule has 1 aromatic carbocycles. The van der Waals surface area contributed by atoms with Crippen molar-refractivity contribution >= 4 is 6.09 Å². The van der Waals surface area contributed by atoms with Gasteiger partial charge in [-0.15, -0.1) is 0 Å². The van der Waals surface area contributed by atoms with Crippen molar-refractivity contribution in [1.29, 1.82) is 0 Å². The number of hydrogen-bond donors (Lipinski definition) is 2. The van der Waals surface area contributed by atoms with Crippen LogP contribution in [0.25, 0.3) is 0 Å². The molecule has 17 heavy (non-hydrogen) atoms. The van der Waals surface area contributed by atoms with Crippen LogP contribution in [0.1, 0.15) is 17.9 Å². The van der Waals surface area contributed by atoms with Gasteiger partial charge in [-0.1, -0.05) is 12.1 Å². The minimum absolute atomic E-state index is 0.252. The molecule has 5 heteroatoms. The SMILES string of the molecule is O=C(O)N1CC[C@@H](O)[C@H](c2ccc(F)cc2)C1. The lowest BCUT2D eigenvalue weighted by Gasteiger charge is -2.34. The standard InChI is InChI=1S/C12H14FNO3/c13-9-3-1-8(2-4-9)10-7-14(12(16)17)6-5-11(10)15/h1-4,10-11,15H,5-7H2,(H,16,17)/t10-,11+/m0/s1. The zero-order chi connectivity index (χ0) is 12.4. The third kappa shape index (κ3) is 2.55. The Hall–Kier alpha value is -1.62. The van der Waals surface area contributed by atoms with Crippen LogP contribution in [0.3, 0.4) is 0 Å². The van der Waals surface area contributed by atoms with Gasteiger partial charge in [0.25, 0.3) is 0 Å². The van der Waals surface area contributed by atoms with Gasteiger partial charge in [0.15, 0.2) is 0 Å². The molecule has 92 valence electrons. The smallest absolute Gasteiger partial charge is 0.407 e. The number of halogens is 1. The fraction of sp³-hybridized carbons (Fsp3) is 0.417. The molecular formula is C12H14FNO3. The molecule has 0 unspecified atom stereocenters. The topological polar surface area (TPSA) is 60.8 Å². The van der Waals surface area contributed by atoms with E-state index in [0.29, 0.717) is 13.0 Å². The van der Waals surface area contributed by atoms with E-state index in [1.165, 1.54) is 17.0 Å². The molecule has 2 rings (SSSR count). The second-order valence-electron chi connectivity index (χ2n) is 4.24. The molecule has 0 radical (unpaired) electrons. The molecule has 0 aromatic heterocycles. The fourth-order valence-electron chi connectivity index (χ4n) is 2.15. The van der Waals surface area contributed by atoms with Crippen molar-refractivity contribution in [2.24, 2.45) is 0 Å². The number of amides is 1. The van der Waals surface area contributed by atoms with Crippen LogP contribution in [0, 0.1) is 5.82 Å². The quantitative estimate of drug-likeness (QED) is 0.783. The fourth-order valence-corrected chi connectivity index (χ4v) is 2.15. The minimum Gasteiger partial charge on any atom is -0.465 e. The summed E-state index contributed by atoms with van der Waals surface area (Å²) in [6.07, 6.45) is -1.14. The molecule has 0 saturated carbocycles. The summed E-state index contributed by atoms with van der Waals surface area (Å²) in [6, 6.07) is 5.83. The molecule has 0 bridgehead atoms. The minimum atomic E-state index is -0.982. The van der Waals surface area contributed by atoms with E-state index in [9.17, 15) is 14.3 Å². The second kappa shape index (κ2) is 4.71. The molecule has 1 heterocycles. The summed E-state index contributed by atoms with van der Waals surface area (Å²) in [7, 11) is 0. The first-order valence-corrected chi connectivity index (χ1v) is 5.49. The van der Waals surface area contributed by atoms with Gasteiger partial charge in [-0.05, 0) is 24.1 Å². The summed E-state index contributed by atoms with van der Waals surface area (Å²) in [6.45, 7) is 0.594. The van der Waals surface area contributed by atoms with E-state index in [-0.39, 0.29) is 18.3 Å². The van der Waals surface area contributed by atoms with Crippen LogP contribution < -0.4 is 0 Å². The zero-order valence-electron chi connectivity index (χ0n) is 9.21. The van der Waals surface area contributed by atoms with Crippen molar-refractivity contribution < 1.29 is 19.4 Å². The Bertz CT molecular complexity index is 407. The predicted octanol–water partition coefficient (Wildman–Crippen LogP) is 1.65. The number of carboxylic acid groups (broad SMARTS) is 1. The molecule has 2 N–H and O–H groups in total. The third-order valence-electron chi connectivity index (χ3n) is 3.15. The maximum Gasteiger partial charge on any atom is 0.407 e. The Kier molecular flexibility index (Phi) is 3.28. The number of hydrogen-bond acceptors (Lipinski definition) is 2. The van der Waals surface area contributed by atoms with Crippen molar-refractivity contribution in [2.45, 2.75) is 18.4 Å². The van der Waals surface area contributed by atoms with Crippen molar-refractivity contribution in [3.05, 3.63) is 35.6 Å². The van der Waals surface area contributed by atoms with E-state index >= 15 is 0 Å². The lowest BCUT2D eigenvalue weighted by molar-refractivity contribution is 0.0586. The van der Waals surface area contributed by atoms with Gasteiger partial charge in [0.05, 0.1) is 6.10 Å². The van der Waals surface area contributed by atoms with Crippen LogP contribution >= 0.6 is 0 Å². The van der Waals surface area contributed by atoms with Crippen LogP contribution in [0.2, 0.25) is 0 Å². The summed E-state index contributed by atoms with van der Waals surface area (Å²) in [4.78, 5) is 12.2. The number of aliphatic hydroxyl groups excluding tert-OH is 1. The molecule has 2 atom stereocenters. The largest absolute Gasteiger partial charge is 0.465 e. The third-order valence-corrected chi connectivity index (χ3v) is 3.15. The Balaban J connectivity index is 2.17. The first-order chi connectivity index (χ1) is 8.08. The summed E-state index contributed by atoms with van der Waals surface area (Å²) in [5, 5.41) is 18.8. The van der Waals surface area contributed by atoms with E-state index in [2.05, 4.69) is 0 Å². The van der Waals surface area contributed by atoms with E-state index in [0.717, 1.165) is 5.56 Å². The van der Waals surface area contributed by atoms with Gasteiger partial charge >= 0.3 is 6.09 Å². The van der Waals surface area contributed by atoms with Gasteiger partial charge in [0.2, 0.25) is 0 Å². The maximum atomic E-state index is 12.8. The predicted molar refractivity (Wildman–Crippen MR) is 59.4 cm³/mol. The molecule has 0 aliphatic carbocycles. The molecule has 4 nitrogen and oxygen atoms in total. The highest BCUT2D eigenvalue weighted by atomic mass is 19.1. The van der Waals surface area contributed by atoms with Gasteiger partial charge in [0.1, 0.15) is 5.82 Å². The molecule has 1 aromatic rings. The molecule has 1 fully saturated rings. The summed E-state index contributed by atoms with van der Waals surface area (Å²) in [5.74, 6) is -0.616. The summed E-state index contributed by atoms with van der Waals surface area (Å²) < 4.78 is 12.8. The average molecular weight is 239 g/mol. The number of nitrogens with zero attached hydrogens (tertiary/aromatic N) is 1. The van der Waals surface area contributed by atoms with Crippen LogP contribution in [0.4, 0.5) is 9.18 Å². The maximum absolute atomic E-state index is 12.8. The molecule has 1 saturated heterocycles. The normalized spacial score (nSPS) is 24.7. The average Bonchev–Trinajstić information content (AvgIpc) is 2.31. The van der Waals surface area contributed by atoms with Gasteiger partial charge in [-0.3, -0.25) is 0 Å². The van der Waals surface area contributed by atoms with Crippen LogP contribution in [-0.4, -0.2) is 40.4 Å². The molecule has 1 aliphatic heterocycles. The van der Waals surface area contributed by atoms with E-state index in [4.69, 9.17) is 5.11 Å². The highest BCUT2D eigenvalue weighted by Crippen LogP contribution is 2.27. The number of benzene rings is 1. The number of aliphatic hydroxyl groups is 1. The molecule has 1 amide bonds. The van der Waals surface area contributed by atoms with Gasteiger partial charge < -0.3 is 15.1 Å². The Morgan fingerprint density at radius 1 is 1.35 bits per heavy atom. The van der Waals surface area contributed by atoms with Gasteiger partial charge in [-0.25, -0.2) is 9.18 Å². The van der Waals surface area contributed by atoms with Gasteiger partial charge in [0, 0.05) is 19.0 Å². The Morgan fingerprint density at radius 3 is 2.59 bits per heavy atom. The monoisotopic (exact) mass is 239 g/mol. The number of likely N-dealkylation sites (tertiary alicyclic amines) is 1. The number of carbonyl (C=O) groups is 1. The van der Waals surface area contributed by atoms with E-state index in [1.807, 2.05) is 0 Å². The van der Waals surface area contributed by atoms with Crippen molar-refractivity contribution in [2.75, 3.05) is 13.1 Å². The van der Waals surface area contributed by atoms with E-state index in [1.54, 1.807) is 12.1 Å². The lowest BCUT2D eigenvalue weighted by atomic mass is 9.88. The summed E-state index contributed by atoms with van der Waals surface area (Å²) in [5.41, 5.74) is 0.768. The van der Waals surface area contributed by atoms with Gasteiger partial charge in [-0.2, -0.15) is 0 Å². The van der Waals surface area contributed by atoms with Crippen LogP contribution in [0.15, 0.2) is 24.3 Å². The number of rotatable bonds is 1. The Morgan fingerprint density at radius 2 is 2.00 bits per heavy atom. The first-order valence-electron chi connectivity index (χ1n) is 5.49. The van der Waals surface area contributed by atoms with E-state index < -0.39 is 12.2 Å². The van der Waals surface area contributed by atoms with Crippen molar-refractivity contribution in [3.63, 3.8) is 0 Å². The number of piperidine rings is 1. The van der Waals surface area contributed by atoms with Crippen LogP contribution in [0.5, 0.6) is 0 Å². The molecular weight excluding hydrogens is 225 g/mol. The molecule has 0 spiro atoms. The molecule has 1 aliphatic rings. The lowest BCUT2D eigenvalue weighted by Crippen LogP contribution is -2.44. The second-order valence-corrected chi connectivity index (χ2v) is 4.24. The van der Waals surface area contributed by atoms with Crippen molar-refractivity contribution in [1.82, 2.24) is 4.90 Å². The first kappa shape index (κ1) is 11.9. The highest BCUT2D eigenvalue weighted by Gasteiger charge is 2.31.